The molecule has 0 spiro atoms. The van der Waals surface area contributed by atoms with Crippen molar-refractivity contribution in [2.45, 2.75) is 13.8 Å². The lowest BCUT2D eigenvalue weighted by Crippen LogP contribution is -2.36. The fraction of sp³-hybridized carbons (Fsp3) is 0.500. The number of aliphatic hydroxyl groups excluding tert-OH is 1. The van der Waals surface area contributed by atoms with Crippen LogP contribution in [0.25, 0.3) is 0 Å². The molecule has 0 aliphatic rings. The van der Waals surface area contributed by atoms with Gasteiger partial charge in [0.15, 0.2) is 11.5 Å². The SMILES string of the molecule is COc1ccc(C(=O)NCC(C)(C)CO)cc1OC. The highest BCUT2D eigenvalue weighted by molar-refractivity contribution is 5.94. The van der Waals surface area contributed by atoms with Crippen molar-refractivity contribution in [3.63, 3.8) is 0 Å². The molecule has 106 valence electrons. The lowest BCUT2D eigenvalue weighted by atomic mass is 9.95. The first-order valence-corrected chi connectivity index (χ1v) is 6.04. The van der Waals surface area contributed by atoms with Crippen LogP contribution in [0.5, 0.6) is 11.5 Å². The van der Waals surface area contributed by atoms with Gasteiger partial charge in [-0.1, -0.05) is 13.8 Å². The minimum Gasteiger partial charge on any atom is -0.493 e. The van der Waals surface area contributed by atoms with Gasteiger partial charge in [0.05, 0.1) is 14.2 Å². The molecule has 0 atom stereocenters. The van der Waals surface area contributed by atoms with E-state index in [0.717, 1.165) is 0 Å². The van der Waals surface area contributed by atoms with Crippen molar-refractivity contribution in [3.05, 3.63) is 23.8 Å². The molecule has 2 N–H and O–H groups in total. The van der Waals surface area contributed by atoms with Crippen LogP contribution in [0.1, 0.15) is 24.2 Å². The van der Waals surface area contributed by atoms with Crippen LogP contribution in [-0.4, -0.2) is 38.4 Å². The largest absolute Gasteiger partial charge is 0.493 e. The van der Waals surface area contributed by atoms with Crippen molar-refractivity contribution in [2.75, 3.05) is 27.4 Å². The minimum atomic E-state index is -0.341. The molecule has 0 aromatic heterocycles. The highest BCUT2D eigenvalue weighted by Crippen LogP contribution is 2.27. The van der Waals surface area contributed by atoms with E-state index in [2.05, 4.69) is 5.32 Å². The van der Waals surface area contributed by atoms with Crippen LogP contribution in [0.15, 0.2) is 18.2 Å². The number of nitrogens with one attached hydrogen (secondary N) is 1. The van der Waals surface area contributed by atoms with E-state index >= 15 is 0 Å². The number of aliphatic hydroxyl groups is 1. The molecular formula is C14H21NO4. The molecule has 5 heteroatoms. The number of rotatable bonds is 6. The maximum atomic E-state index is 12.0. The van der Waals surface area contributed by atoms with Gasteiger partial charge in [-0.05, 0) is 18.2 Å². The number of benzene rings is 1. The van der Waals surface area contributed by atoms with E-state index in [4.69, 9.17) is 14.6 Å². The van der Waals surface area contributed by atoms with Crippen LogP contribution in [0.2, 0.25) is 0 Å². The molecule has 0 aliphatic heterocycles. The summed E-state index contributed by atoms with van der Waals surface area (Å²) >= 11 is 0. The Morgan fingerprint density at radius 2 is 1.89 bits per heavy atom. The molecule has 5 nitrogen and oxygen atoms in total. The molecule has 0 unspecified atom stereocenters. The molecule has 0 aliphatic carbocycles. The molecule has 0 radical (unpaired) electrons. The summed E-state index contributed by atoms with van der Waals surface area (Å²) in [4.78, 5) is 12.0. The van der Waals surface area contributed by atoms with E-state index < -0.39 is 0 Å². The van der Waals surface area contributed by atoms with Gasteiger partial charge < -0.3 is 19.9 Å². The zero-order chi connectivity index (χ0) is 14.5. The Morgan fingerprint density at radius 1 is 1.26 bits per heavy atom. The monoisotopic (exact) mass is 267 g/mol. The Balaban J connectivity index is 2.78. The summed E-state index contributed by atoms with van der Waals surface area (Å²) in [6.07, 6.45) is 0. The van der Waals surface area contributed by atoms with Crippen molar-refractivity contribution < 1.29 is 19.4 Å². The van der Waals surface area contributed by atoms with Gasteiger partial charge in [0.1, 0.15) is 0 Å². The summed E-state index contributed by atoms with van der Waals surface area (Å²) in [6.45, 7) is 4.17. The standard InChI is InChI=1S/C14H21NO4/c1-14(2,9-16)8-15-13(17)10-5-6-11(18-3)12(7-10)19-4/h5-7,16H,8-9H2,1-4H3,(H,15,17). The van der Waals surface area contributed by atoms with Crippen LogP contribution in [0.3, 0.4) is 0 Å². The number of hydrogen-bond donors (Lipinski definition) is 2. The van der Waals surface area contributed by atoms with Gasteiger partial charge in [0, 0.05) is 24.1 Å². The smallest absolute Gasteiger partial charge is 0.251 e. The molecule has 1 aromatic rings. The Kier molecular flexibility index (Phi) is 5.18. The Bertz CT molecular complexity index is 443. The van der Waals surface area contributed by atoms with Crippen LogP contribution in [-0.2, 0) is 0 Å². The van der Waals surface area contributed by atoms with E-state index in [-0.39, 0.29) is 17.9 Å². The van der Waals surface area contributed by atoms with Gasteiger partial charge in [0.2, 0.25) is 0 Å². The van der Waals surface area contributed by atoms with E-state index in [1.165, 1.54) is 7.11 Å². The number of hydrogen-bond acceptors (Lipinski definition) is 4. The molecule has 0 bridgehead atoms. The molecular weight excluding hydrogens is 246 g/mol. The molecule has 1 rings (SSSR count). The molecule has 1 aromatic carbocycles. The van der Waals surface area contributed by atoms with E-state index in [1.807, 2.05) is 13.8 Å². The highest BCUT2D eigenvalue weighted by atomic mass is 16.5. The Morgan fingerprint density at radius 3 is 2.42 bits per heavy atom. The van der Waals surface area contributed by atoms with Crippen LogP contribution in [0.4, 0.5) is 0 Å². The van der Waals surface area contributed by atoms with E-state index in [1.54, 1.807) is 25.3 Å². The van der Waals surface area contributed by atoms with Crippen molar-refractivity contribution in [3.8, 4) is 11.5 Å². The first kappa shape index (κ1) is 15.3. The third-order valence-corrected chi connectivity index (χ3v) is 2.80. The quantitative estimate of drug-likeness (QED) is 0.818. The second-order valence-corrected chi connectivity index (χ2v) is 5.07. The van der Waals surface area contributed by atoms with Crippen LogP contribution in [0, 0.1) is 5.41 Å². The maximum Gasteiger partial charge on any atom is 0.251 e. The van der Waals surface area contributed by atoms with Gasteiger partial charge in [0.25, 0.3) is 5.91 Å². The number of amides is 1. The van der Waals surface area contributed by atoms with Gasteiger partial charge in [-0.3, -0.25) is 4.79 Å². The van der Waals surface area contributed by atoms with Gasteiger partial charge in [-0.2, -0.15) is 0 Å². The summed E-state index contributed by atoms with van der Waals surface area (Å²) in [5.41, 5.74) is 0.151. The number of methoxy groups -OCH3 is 2. The second kappa shape index (κ2) is 6.43. The Labute approximate surface area is 113 Å². The minimum absolute atomic E-state index is 0.0131. The maximum absolute atomic E-state index is 12.0. The predicted molar refractivity (Wildman–Crippen MR) is 72.7 cm³/mol. The number of carbonyl (C=O) groups excluding carboxylic acids is 1. The van der Waals surface area contributed by atoms with Crippen molar-refractivity contribution in [1.82, 2.24) is 5.32 Å². The van der Waals surface area contributed by atoms with E-state index in [9.17, 15) is 4.79 Å². The Hall–Kier alpha value is -1.75. The summed E-state index contributed by atoms with van der Waals surface area (Å²) < 4.78 is 10.3. The fourth-order valence-corrected chi connectivity index (χ4v) is 1.45. The molecule has 19 heavy (non-hydrogen) atoms. The number of ether oxygens (including phenoxy) is 2. The molecule has 0 heterocycles. The molecule has 0 saturated carbocycles. The average molecular weight is 267 g/mol. The fourth-order valence-electron chi connectivity index (χ4n) is 1.45. The van der Waals surface area contributed by atoms with Crippen molar-refractivity contribution >= 4 is 5.91 Å². The zero-order valence-electron chi connectivity index (χ0n) is 11.8. The lowest BCUT2D eigenvalue weighted by molar-refractivity contribution is 0.0910. The van der Waals surface area contributed by atoms with Gasteiger partial charge in [-0.15, -0.1) is 0 Å². The topological polar surface area (TPSA) is 67.8 Å². The van der Waals surface area contributed by atoms with Gasteiger partial charge in [-0.25, -0.2) is 0 Å². The third-order valence-electron chi connectivity index (χ3n) is 2.80. The lowest BCUT2D eigenvalue weighted by Gasteiger charge is -2.21. The van der Waals surface area contributed by atoms with Crippen LogP contribution >= 0.6 is 0 Å². The summed E-state index contributed by atoms with van der Waals surface area (Å²) in [6, 6.07) is 4.98. The average Bonchev–Trinajstić information content (AvgIpc) is 2.44. The highest BCUT2D eigenvalue weighted by Gasteiger charge is 2.18. The zero-order valence-corrected chi connectivity index (χ0v) is 11.8. The molecule has 0 saturated heterocycles. The van der Waals surface area contributed by atoms with Crippen LogP contribution < -0.4 is 14.8 Å². The second-order valence-electron chi connectivity index (χ2n) is 5.07. The predicted octanol–water partition coefficient (Wildman–Crippen LogP) is 1.45. The first-order valence-electron chi connectivity index (χ1n) is 6.04. The van der Waals surface area contributed by atoms with E-state index in [0.29, 0.717) is 23.6 Å². The molecule has 1 amide bonds. The number of carbonyl (C=O) groups is 1. The summed E-state index contributed by atoms with van der Waals surface area (Å²) in [5, 5.41) is 11.9. The summed E-state index contributed by atoms with van der Waals surface area (Å²) in [5.74, 6) is 0.883. The van der Waals surface area contributed by atoms with Crippen molar-refractivity contribution in [2.24, 2.45) is 5.41 Å². The summed E-state index contributed by atoms with van der Waals surface area (Å²) in [7, 11) is 3.07. The van der Waals surface area contributed by atoms with Crippen molar-refractivity contribution in [1.29, 1.82) is 0 Å². The normalized spacial score (nSPS) is 11.0. The first-order chi connectivity index (χ1) is 8.93. The molecule has 0 fully saturated rings. The third kappa shape index (κ3) is 4.13. The van der Waals surface area contributed by atoms with Gasteiger partial charge >= 0.3 is 0 Å².